The summed E-state index contributed by atoms with van der Waals surface area (Å²) in [7, 11) is 0. The number of benzene rings is 1. The van der Waals surface area contributed by atoms with Gasteiger partial charge in [0.15, 0.2) is 0 Å². The average Bonchev–Trinajstić information content (AvgIpc) is 2.63. The van der Waals surface area contributed by atoms with Crippen LogP contribution in [0.4, 0.5) is 0 Å². The van der Waals surface area contributed by atoms with Crippen molar-refractivity contribution < 1.29 is 4.79 Å². The fraction of sp³-hybridized carbons (Fsp3) is 0.682. The third-order valence-electron chi connectivity index (χ3n) is 7.10. The Balaban J connectivity index is 1.30. The number of carbonyl (C=O) groups is 1. The maximum atomic E-state index is 13.1. The van der Waals surface area contributed by atoms with E-state index in [0.29, 0.717) is 23.8 Å². The quantitative estimate of drug-likeness (QED) is 0.907. The summed E-state index contributed by atoms with van der Waals surface area (Å²) in [5.74, 6) is 1.80. The topological polar surface area (TPSA) is 49.6 Å². The summed E-state index contributed by atoms with van der Waals surface area (Å²) >= 11 is 0. The van der Waals surface area contributed by atoms with Gasteiger partial charge >= 0.3 is 0 Å². The van der Waals surface area contributed by atoms with Crippen LogP contribution in [0.1, 0.15) is 43.2 Å². The highest BCUT2D eigenvalue weighted by Gasteiger charge is 2.41. The lowest BCUT2D eigenvalue weighted by Crippen LogP contribution is -2.53. The molecule has 0 spiro atoms. The zero-order chi connectivity index (χ0) is 18.1. The van der Waals surface area contributed by atoms with Gasteiger partial charge in [-0.3, -0.25) is 9.69 Å². The average molecular weight is 356 g/mol. The molecule has 1 aliphatic heterocycles. The van der Waals surface area contributed by atoms with E-state index in [-0.39, 0.29) is 5.92 Å². The number of amides is 1. The van der Waals surface area contributed by atoms with Crippen molar-refractivity contribution in [2.75, 3.05) is 26.2 Å². The van der Waals surface area contributed by atoms with Crippen LogP contribution >= 0.6 is 0 Å². The molecule has 0 radical (unpaired) electrons. The number of aryl methyl sites for hydroxylation is 1. The molecule has 3 aliphatic rings. The Morgan fingerprint density at radius 3 is 2.38 bits per heavy atom. The highest BCUT2D eigenvalue weighted by Crippen LogP contribution is 2.42. The van der Waals surface area contributed by atoms with E-state index < -0.39 is 0 Å². The van der Waals surface area contributed by atoms with Crippen LogP contribution in [0.5, 0.6) is 0 Å². The lowest BCUT2D eigenvalue weighted by Gasteiger charge is -2.45. The van der Waals surface area contributed by atoms with Crippen LogP contribution in [0.15, 0.2) is 24.3 Å². The van der Waals surface area contributed by atoms with Gasteiger partial charge in [0.25, 0.3) is 0 Å². The van der Waals surface area contributed by atoms with Crippen LogP contribution in [0.2, 0.25) is 0 Å². The Bertz CT molecular complexity index is 624. The van der Waals surface area contributed by atoms with Crippen LogP contribution in [-0.2, 0) is 11.3 Å². The number of piperazine rings is 1. The number of nitrogens with zero attached hydrogens (tertiary/aromatic N) is 2. The zero-order valence-electron chi connectivity index (χ0n) is 16.1. The molecule has 3 fully saturated rings. The molecule has 2 unspecified atom stereocenters. The Hall–Kier alpha value is -1.39. The van der Waals surface area contributed by atoms with Gasteiger partial charge in [-0.05, 0) is 55.6 Å². The van der Waals surface area contributed by atoms with E-state index in [4.69, 9.17) is 5.73 Å². The van der Waals surface area contributed by atoms with Gasteiger partial charge in [-0.1, -0.05) is 30.7 Å². The van der Waals surface area contributed by atoms with Gasteiger partial charge in [0, 0.05) is 44.7 Å². The minimum absolute atomic E-state index is 0.230. The molecule has 2 atom stereocenters. The number of carbonyl (C=O) groups excluding carboxylic acids is 1. The Morgan fingerprint density at radius 2 is 1.73 bits per heavy atom. The molecule has 1 heterocycles. The summed E-state index contributed by atoms with van der Waals surface area (Å²) in [6, 6.07) is 8.96. The van der Waals surface area contributed by atoms with Crippen molar-refractivity contribution in [1.29, 1.82) is 0 Å². The summed E-state index contributed by atoms with van der Waals surface area (Å²) in [5.41, 5.74) is 9.16. The molecular formula is C22H33N3O. The lowest BCUT2D eigenvalue weighted by atomic mass is 9.65. The maximum absolute atomic E-state index is 13.1. The van der Waals surface area contributed by atoms with Crippen molar-refractivity contribution in [3.8, 4) is 0 Å². The highest BCUT2D eigenvalue weighted by molar-refractivity contribution is 5.79. The highest BCUT2D eigenvalue weighted by atomic mass is 16.2. The van der Waals surface area contributed by atoms with Crippen molar-refractivity contribution >= 4 is 5.91 Å². The summed E-state index contributed by atoms with van der Waals surface area (Å²) in [6.07, 6.45) is 5.82. The second-order valence-corrected chi connectivity index (χ2v) is 8.72. The Kier molecular flexibility index (Phi) is 5.32. The first-order valence-corrected chi connectivity index (χ1v) is 10.4. The molecule has 1 aromatic carbocycles. The second kappa shape index (κ2) is 7.69. The van der Waals surface area contributed by atoms with Gasteiger partial charge in [0.1, 0.15) is 0 Å². The molecule has 1 amide bonds. The van der Waals surface area contributed by atoms with Gasteiger partial charge in [-0.2, -0.15) is 0 Å². The maximum Gasteiger partial charge on any atom is 0.225 e. The third kappa shape index (κ3) is 3.67. The SMILES string of the molecule is Cc1ccccc1CN1CCN(C(=O)C2CC3CCCC(C2)C3N)CC1. The number of hydrogen-bond acceptors (Lipinski definition) is 3. The van der Waals surface area contributed by atoms with Crippen LogP contribution in [0, 0.1) is 24.7 Å². The predicted octanol–water partition coefficient (Wildman–Crippen LogP) is 2.79. The van der Waals surface area contributed by atoms with Crippen LogP contribution in [0.3, 0.4) is 0 Å². The second-order valence-electron chi connectivity index (χ2n) is 8.72. The lowest BCUT2D eigenvalue weighted by molar-refractivity contribution is -0.140. The molecule has 26 heavy (non-hydrogen) atoms. The van der Waals surface area contributed by atoms with E-state index in [1.165, 1.54) is 30.4 Å². The van der Waals surface area contributed by atoms with E-state index in [9.17, 15) is 4.79 Å². The standard InChI is InChI=1S/C22H33N3O/c1-16-5-2-3-6-19(16)15-24-9-11-25(12-10-24)22(26)20-13-17-7-4-8-18(14-20)21(17)23/h2-3,5-6,17-18,20-21H,4,7-15,23H2,1H3. The minimum Gasteiger partial charge on any atom is -0.340 e. The fourth-order valence-corrected chi connectivity index (χ4v) is 5.40. The van der Waals surface area contributed by atoms with E-state index >= 15 is 0 Å². The molecule has 4 rings (SSSR count). The summed E-state index contributed by atoms with van der Waals surface area (Å²) in [5, 5.41) is 0. The van der Waals surface area contributed by atoms with Gasteiger partial charge in [0.05, 0.1) is 0 Å². The van der Waals surface area contributed by atoms with Gasteiger partial charge in [0.2, 0.25) is 5.91 Å². The monoisotopic (exact) mass is 355 g/mol. The summed E-state index contributed by atoms with van der Waals surface area (Å²) in [4.78, 5) is 17.7. The normalized spacial score (nSPS) is 32.5. The van der Waals surface area contributed by atoms with E-state index in [2.05, 4.69) is 41.0 Å². The third-order valence-corrected chi connectivity index (χ3v) is 7.10. The summed E-state index contributed by atoms with van der Waals surface area (Å²) < 4.78 is 0. The molecule has 0 aromatic heterocycles. The van der Waals surface area contributed by atoms with Crippen LogP contribution in [0.25, 0.3) is 0 Å². The minimum atomic E-state index is 0.230. The molecule has 4 nitrogen and oxygen atoms in total. The fourth-order valence-electron chi connectivity index (χ4n) is 5.40. The van der Waals surface area contributed by atoms with Crippen LogP contribution < -0.4 is 5.73 Å². The van der Waals surface area contributed by atoms with Crippen LogP contribution in [-0.4, -0.2) is 47.9 Å². The van der Waals surface area contributed by atoms with Crippen molar-refractivity contribution in [3.63, 3.8) is 0 Å². The number of rotatable bonds is 3. The first-order chi connectivity index (χ1) is 12.6. The molecule has 2 aliphatic carbocycles. The number of hydrogen-bond donors (Lipinski definition) is 1. The van der Waals surface area contributed by atoms with E-state index in [1.54, 1.807) is 0 Å². The molecule has 2 N–H and O–H groups in total. The first-order valence-electron chi connectivity index (χ1n) is 10.4. The molecule has 1 aromatic rings. The van der Waals surface area contributed by atoms with E-state index in [0.717, 1.165) is 45.6 Å². The number of fused-ring (bicyclic) bond motifs is 2. The van der Waals surface area contributed by atoms with Crippen molar-refractivity contribution in [1.82, 2.24) is 9.80 Å². The number of nitrogens with two attached hydrogens (primary N) is 1. The van der Waals surface area contributed by atoms with Crippen molar-refractivity contribution in [2.24, 2.45) is 23.5 Å². The molecular weight excluding hydrogens is 322 g/mol. The molecule has 142 valence electrons. The van der Waals surface area contributed by atoms with Crippen molar-refractivity contribution in [3.05, 3.63) is 35.4 Å². The van der Waals surface area contributed by atoms with Crippen molar-refractivity contribution in [2.45, 2.75) is 51.6 Å². The smallest absolute Gasteiger partial charge is 0.225 e. The van der Waals surface area contributed by atoms with Gasteiger partial charge in [-0.15, -0.1) is 0 Å². The predicted molar refractivity (Wildman–Crippen MR) is 105 cm³/mol. The molecule has 2 bridgehead atoms. The first kappa shape index (κ1) is 18.0. The molecule has 1 saturated heterocycles. The Labute approximate surface area is 157 Å². The van der Waals surface area contributed by atoms with Gasteiger partial charge < -0.3 is 10.6 Å². The summed E-state index contributed by atoms with van der Waals surface area (Å²) in [6.45, 7) is 6.90. The molecule has 2 saturated carbocycles. The Morgan fingerprint density at radius 1 is 1.08 bits per heavy atom. The van der Waals surface area contributed by atoms with E-state index in [1.807, 2.05) is 0 Å². The molecule has 4 heteroatoms. The zero-order valence-corrected chi connectivity index (χ0v) is 16.1. The largest absolute Gasteiger partial charge is 0.340 e. The van der Waals surface area contributed by atoms with Gasteiger partial charge in [-0.25, -0.2) is 0 Å².